The number of H-pyrrole nitrogens is 1. The molecule has 10 heteroatoms. The standard InChI is InChI=1S/C16H17BrN4O4S/c17-12-9-14(18-10-12)16(23)20-19-15(22)11-4-3-5-13(8-11)26(24,25)21-6-1-2-7-21/h3-5,8-10,18H,1-2,6-7H2,(H,19,22)(H,20,23). The maximum atomic E-state index is 12.6. The molecule has 26 heavy (non-hydrogen) atoms. The molecule has 0 unspecified atom stereocenters. The van der Waals surface area contributed by atoms with Crippen LogP contribution in [0.15, 0.2) is 45.9 Å². The fourth-order valence-corrected chi connectivity index (χ4v) is 4.53. The zero-order valence-corrected chi connectivity index (χ0v) is 16.1. The van der Waals surface area contributed by atoms with Gasteiger partial charge >= 0.3 is 0 Å². The molecular formula is C16H17BrN4O4S. The molecule has 0 aliphatic carbocycles. The van der Waals surface area contributed by atoms with E-state index in [1.165, 1.54) is 28.6 Å². The summed E-state index contributed by atoms with van der Waals surface area (Å²) >= 11 is 3.21. The monoisotopic (exact) mass is 440 g/mol. The van der Waals surface area contributed by atoms with Gasteiger partial charge in [-0.15, -0.1) is 0 Å². The summed E-state index contributed by atoms with van der Waals surface area (Å²) in [6.45, 7) is 0.973. The number of halogens is 1. The maximum absolute atomic E-state index is 12.6. The molecule has 138 valence electrons. The first-order valence-electron chi connectivity index (χ1n) is 7.93. The molecule has 2 heterocycles. The van der Waals surface area contributed by atoms with Crippen LogP contribution in [0, 0.1) is 0 Å². The molecule has 1 aromatic carbocycles. The lowest BCUT2D eigenvalue weighted by molar-refractivity contribution is 0.0844. The van der Waals surface area contributed by atoms with Crippen molar-refractivity contribution in [3.05, 3.63) is 52.3 Å². The van der Waals surface area contributed by atoms with Gasteiger partial charge in [0.1, 0.15) is 5.69 Å². The number of hydrogen-bond acceptors (Lipinski definition) is 4. The SMILES string of the molecule is O=C(NNC(=O)c1cc(Br)c[nH]1)c1cccc(S(=O)(=O)N2CCCC2)c1. The van der Waals surface area contributed by atoms with Crippen LogP contribution < -0.4 is 10.9 Å². The van der Waals surface area contributed by atoms with Crippen molar-refractivity contribution in [1.29, 1.82) is 0 Å². The predicted octanol–water partition coefficient (Wildman–Crippen LogP) is 1.64. The summed E-state index contributed by atoms with van der Waals surface area (Å²) in [5, 5.41) is 0. The van der Waals surface area contributed by atoms with Gasteiger partial charge in [0.15, 0.2) is 0 Å². The second-order valence-electron chi connectivity index (χ2n) is 5.78. The van der Waals surface area contributed by atoms with Crippen LogP contribution in [-0.4, -0.2) is 42.6 Å². The number of nitrogens with one attached hydrogen (secondary N) is 3. The van der Waals surface area contributed by atoms with E-state index in [-0.39, 0.29) is 16.2 Å². The molecular weight excluding hydrogens is 424 g/mol. The van der Waals surface area contributed by atoms with Gasteiger partial charge in [-0.05, 0) is 53.0 Å². The summed E-state index contributed by atoms with van der Waals surface area (Å²) < 4.78 is 27.3. The first-order chi connectivity index (χ1) is 12.4. The molecule has 3 rings (SSSR count). The number of amides is 2. The van der Waals surface area contributed by atoms with E-state index in [0.717, 1.165) is 12.8 Å². The first kappa shape index (κ1) is 18.6. The summed E-state index contributed by atoms with van der Waals surface area (Å²) in [6, 6.07) is 7.31. The van der Waals surface area contributed by atoms with Crippen LogP contribution in [0.25, 0.3) is 0 Å². The fraction of sp³-hybridized carbons (Fsp3) is 0.250. The quantitative estimate of drug-likeness (QED) is 0.627. The van der Waals surface area contributed by atoms with Crippen molar-refractivity contribution in [2.24, 2.45) is 0 Å². The molecule has 0 radical (unpaired) electrons. The number of hydrogen-bond donors (Lipinski definition) is 3. The van der Waals surface area contributed by atoms with Crippen LogP contribution in [0.1, 0.15) is 33.7 Å². The molecule has 2 amide bonds. The van der Waals surface area contributed by atoms with Crippen molar-refractivity contribution < 1.29 is 18.0 Å². The van der Waals surface area contributed by atoms with Gasteiger partial charge in [-0.2, -0.15) is 4.31 Å². The largest absolute Gasteiger partial charge is 0.356 e. The fourth-order valence-electron chi connectivity index (χ4n) is 2.63. The minimum atomic E-state index is -3.61. The second kappa shape index (κ2) is 7.60. The Morgan fingerprint density at radius 1 is 1.08 bits per heavy atom. The lowest BCUT2D eigenvalue weighted by Gasteiger charge is -2.16. The average Bonchev–Trinajstić information content (AvgIpc) is 3.31. The Kier molecular flexibility index (Phi) is 5.44. The molecule has 0 bridgehead atoms. The smallest absolute Gasteiger partial charge is 0.286 e. The maximum Gasteiger partial charge on any atom is 0.286 e. The first-order valence-corrected chi connectivity index (χ1v) is 10.2. The third-order valence-corrected chi connectivity index (χ3v) is 6.33. The summed E-state index contributed by atoms with van der Waals surface area (Å²) in [5.74, 6) is -1.13. The van der Waals surface area contributed by atoms with Gasteiger partial charge < -0.3 is 4.98 Å². The zero-order valence-electron chi connectivity index (χ0n) is 13.7. The minimum absolute atomic E-state index is 0.0617. The van der Waals surface area contributed by atoms with Gasteiger partial charge in [0, 0.05) is 29.3 Å². The number of carbonyl (C=O) groups excluding carboxylic acids is 2. The third-order valence-electron chi connectivity index (χ3n) is 3.98. The van der Waals surface area contributed by atoms with Crippen LogP contribution in [0.3, 0.4) is 0 Å². The number of carbonyl (C=O) groups is 2. The number of rotatable bonds is 4. The Labute approximate surface area is 159 Å². The molecule has 1 aromatic heterocycles. The van der Waals surface area contributed by atoms with Crippen molar-refractivity contribution in [1.82, 2.24) is 20.1 Å². The Balaban J connectivity index is 1.69. The summed E-state index contributed by atoms with van der Waals surface area (Å²) in [4.78, 5) is 26.9. The highest BCUT2D eigenvalue weighted by atomic mass is 79.9. The Hall–Kier alpha value is -2.17. The normalized spacial score (nSPS) is 15.0. The number of sulfonamides is 1. The van der Waals surface area contributed by atoms with E-state index in [1.807, 2.05) is 0 Å². The van der Waals surface area contributed by atoms with Crippen LogP contribution in [-0.2, 0) is 10.0 Å². The van der Waals surface area contributed by atoms with Gasteiger partial charge in [0.2, 0.25) is 10.0 Å². The molecule has 0 atom stereocenters. The van der Waals surface area contributed by atoms with Crippen molar-refractivity contribution in [2.75, 3.05) is 13.1 Å². The molecule has 1 aliphatic heterocycles. The van der Waals surface area contributed by atoms with Crippen LogP contribution in [0.2, 0.25) is 0 Å². The summed E-state index contributed by atoms with van der Waals surface area (Å²) in [6.07, 6.45) is 3.25. The van der Waals surface area contributed by atoms with Gasteiger partial charge in [-0.25, -0.2) is 8.42 Å². The molecule has 8 nitrogen and oxygen atoms in total. The van der Waals surface area contributed by atoms with E-state index in [9.17, 15) is 18.0 Å². The van der Waals surface area contributed by atoms with Gasteiger partial charge in [0.25, 0.3) is 11.8 Å². The molecule has 0 spiro atoms. The highest BCUT2D eigenvalue weighted by Crippen LogP contribution is 2.21. The van der Waals surface area contributed by atoms with E-state index >= 15 is 0 Å². The number of aromatic nitrogens is 1. The van der Waals surface area contributed by atoms with Crippen LogP contribution in [0.4, 0.5) is 0 Å². The summed E-state index contributed by atoms with van der Waals surface area (Å²) in [5.41, 5.74) is 4.95. The van der Waals surface area contributed by atoms with E-state index in [0.29, 0.717) is 17.6 Å². The molecule has 1 fully saturated rings. The van der Waals surface area contributed by atoms with E-state index < -0.39 is 21.8 Å². The van der Waals surface area contributed by atoms with E-state index in [4.69, 9.17) is 0 Å². The number of aromatic amines is 1. The van der Waals surface area contributed by atoms with Crippen molar-refractivity contribution in [3.63, 3.8) is 0 Å². The Morgan fingerprint density at radius 3 is 2.42 bits per heavy atom. The summed E-state index contributed by atoms with van der Waals surface area (Å²) in [7, 11) is -3.61. The topological polar surface area (TPSA) is 111 Å². The number of hydrazine groups is 1. The van der Waals surface area contributed by atoms with Crippen molar-refractivity contribution in [2.45, 2.75) is 17.7 Å². The zero-order chi connectivity index (χ0) is 18.7. The lowest BCUT2D eigenvalue weighted by Crippen LogP contribution is -2.41. The minimum Gasteiger partial charge on any atom is -0.356 e. The number of nitrogens with zero attached hydrogens (tertiary/aromatic N) is 1. The molecule has 1 saturated heterocycles. The van der Waals surface area contributed by atoms with Crippen molar-refractivity contribution in [3.8, 4) is 0 Å². The molecule has 1 aliphatic rings. The highest BCUT2D eigenvalue weighted by molar-refractivity contribution is 9.10. The van der Waals surface area contributed by atoms with Gasteiger partial charge in [0.05, 0.1) is 4.90 Å². The van der Waals surface area contributed by atoms with Crippen LogP contribution >= 0.6 is 15.9 Å². The van der Waals surface area contributed by atoms with Gasteiger partial charge in [-0.1, -0.05) is 6.07 Å². The molecule has 2 aromatic rings. The third kappa shape index (κ3) is 3.97. The molecule has 3 N–H and O–H groups in total. The highest BCUT2D eigenvalue weighted by Gasteiger charge is 2.27. The van der Waals surface area contributed by atoms with Crippen LogP contribution in [0.5, 0.6) is 0 Å². The average molecular weight is 441 g/mol. The Morgan fingerprint density at radius 2 is 1.77 bits per heavy atom. The van der Waals surface area contributed by atoms with E-state index in [2.05, 4.69) is 31.8 Å². The van der Waals surface area contributed by atoms with Gasteiger partial charge in [-0.3, -0.25) is 20.4 Å². The second-order valence-corrected chi connectivity index (χ2v) is 8.63. The van der Waals surface area contributed by atoms with Crippen molar-refractivity contribution >= 4 is 37.8 Å². The number of benzene rings is 1. The molecule has 0 saturated carbocycles. The lowest BCUT2D eigenvalue weighted by atomic mass is 10.2. The Bertz CT molecular complexity index is 935. The van der Waals surface area contributed by atoms with E-state index in [1.54, 1.807) is 12.3 Å². The predicted molar refractivity (Wildman–Crippen MR) is 97.9 cm³/mol.